The fourth-order valence-electron chi connectivity index (χ4n) is 4.07. The van der Waals surface area contributed by atoms with Gasteiger partial charge >= 0.3 is 5.63 Å². The fourth-order valence-corrected chi connectivity index (χ4v) is 4.07. The molecule has 0 saturated carbocycles. The van der Waals surface area contributed by atoms with E-state index in [-0.39, 0.29) is 11.5 Å². The van der Waals surface area contributed by atoms with Crippen LogP contribution in [-0.2, 0) is 12.8 Å². The molecule has 3 aromatic carbocycles. The Morgan fingerprint density at radius 3 is 2.63 bits per heavy atom. The molecular weight excluding hydrogens is 442 g/mol. The first-order valence-electron chi connectivity index (χ1n) is 11.6. The number of hydrogen-bond donors (Lipinski definition) is 3. The monoisotopic (exact) mass is 471 g/mol. The number of nitrogens with one attached hydrogen (secondary N) is 1. The number of rotatable bonds is 10. The number of methoxy groups -OCH3 is 1. The van der Waals surface area contributed by atoms with Crippen LogP contribution in [0.2, 0.25) is 0 Å². The molecule has 4 aromatic rings. The predicted molar refractivity (Wildman–Crippen MR) is 140 cm³/mol. The summed E-state index contributed by atoms with van der Waals surface area (Å²) in [5.74, 6) is 1.06. The lowest BCUT2D eigenvalue weighted by Crippen LogP contribution is -2.11. The molecule has 0 aliphatic heterocycles. The second-order valence-electron chi connectivity index (χ2n) is 8.42. The molecule has 4 rings (SSSR count). The number of phenolic OH excluding ortho intramolecular Hbond substituents is 2. The summed E-state index contributed by atoms with van der Waals surface area (Å²) in [7, 11) is 1.57. The van der Waals surface area contributed by atoms with E-state index in [9.17, 15) is 15.0 Å². The molecule has 1 aromatic heterocycles. The van der Waals surface area contributed by atoms with E-state index in [2.05, 4.69) is 11.9 Å². The summed E-state index contributed by atoms with van der Waals surface area (Å²) in [6, 6.07) is 18.0. The van der Waals surface area contributed by atoms with Gasteiger partial charge in [-0.1, -0.05) is 18.2 Å². The Balaban J connectivity index is 1.38. The van der Waals surface area contributed by atoms with Crippen LogP contribution in [0.1, 0.15) is 24.0 Å². The van der Waals surface area contributed by atoms with Crippen LogP contribution < -0.4 is 15.7 Å². The maximum Gasteiger partial charge on any atom is 0.359 e. The largest absolute Gasteiger partial charge is 0.508 e. The van der Waals surface area contributed by atoms with E-state index in [1.807, 2.05) is 42.5 Å². The molecule has 0 fully saturated rings. The number of unbranched alkanes of at least 4 members (excludes halogenated alkanes) is 1. The van der Waals surface area contributed by atoms with E-state index in [0.717, 1.165) is 46.9 Å². The molecule has 6 nitrogen and oxygen atoms in total. The van der Waals surface area contributed by atoms with Crippen LogP contribution in [0.15, 0.2) is 82.5 Å². The molecular formula is C29H29NO5. The van der Waals surface area contributed by atoms with Crippen molar-refractivity contribution in [2.75, 3.05) is 19.0 Å². The van der Waals surface area contributed by atoms with Crippen LogP contribution in [0, 0.1) is 0 Å². The van der Waals surface area contributed by atoms with Crippen LogP contribution in [0.25, 0.3) is 22.1 Å². The zero-order chi connectivity index (χ0) is 24.8. The number of ether oxygens (including phenoxy) is 1. The van der Waals surface area contributed by atoms with Gasteiger partial charge in [0.05, 0.1) is 7.11 Å². The van der Waals surface area contributed by atoms with Crippen molar-refractivity contribution in [3.05, 3.63) is 94.9 Å². The average Bonchev–Trinajstić information content (AvgIpc) is 2.86. The zero-order valence-corrected chi connectivity index (χ0v) is 19.7. The van der Waals surface area contributed by atoms with E-state index in [1.165, 1.54) is 0 Å². The molecule has 180 valence electrons. The molecule has 0 spiro atoms. The zero-order valence-electron chi connectivity index (χ0n) is 19.7. The summed E-state index contributed by atoms with van der Waals surface area (Å²) in [5.41, 5.74) is 3.94. The van der Waals surface area contributed by atoms with Crippen LogP contribution in [0.3, 0.4) is 0 Å². The average molecular weight is 472 g/mol. The summed E-state index contributed by atoms with van der Waals surface area (Å²) in [6.45, 7) is 4.37. The Morgan fingerprint density at radius 1 is 1.00 bits per heavy atom. The van der Waals surface area contributed by atoms with Gasteiger partial charge in [0.1, 0.15) is 28.5 Å². The minimum absolute atomic E-state index is 0.200. The van der Waals surface area contributed by atoms with Crippen molar-refractivity contribution >= 4 is 16.7 Å². The van der Waals surface area contributed by atoms with Gasteiger partial charge in [0.15, 0.2) is 0 Å². The summed E-state index contributed by atoms with van der Waals surface area (Å²) in [4.78, 5) is 12.3. The van der Waals surface area contributed by atoms with Gasteiger partial charge in [-0.15, -0.1) is 6.58 Å². The van der Waals surface area contributed by atoms with E-state index in [4.69, 9.17) is 9.15 Å². The standard InChI is InChI=1S/C29H29NO5/c1-3-6-19-8-12-27(32)24(15-19)20-10-13-26(31)21(16-20)7-4-5-14-30-25-17-22-9-11-23(34-2)18-28(22)35-29(25)33/h3,8-13,15-18,30-32H,1,4-7,14H2,2H3. The molecule has 3 N–H and O–H groups in total. The van der Waals surface area contributed by atoms with Crippen LogP contribution in [0.5, 0.6) is 17.2 Å². The fraction of sp³-hybridized carbons (Fsp3) is 0.207. The van der Waals surface area contributed by atoms with Gasteiger partial charge in [0.2, 0.25) is 0 Å². The highest BCUT2D eigenvalue weighted by molar-refractivity contribution is 5.81. The number of benzene rings is 3. The van der Waals surface area contributed by atoms with Gasteiger partial charge in [-0.3, -0.25) is 0 Å². The van der Waals surface area contributed by atoms with E-state index < -0.39 is 5.63 Å². The van der Waals surface area contributed by atoms with Crippen molar-refractivity contribution in [2.24, 2.45) is 0 Å². The third-order valence-electron chi connectivity index (χ3n) is 5.96. The number of anilines is 1. The third-order valence-corrected chi connectivity index (χ3v) is 5.96. The molecule has 0 amide bonds. The molecule has 6 heteroatoms. The summed E-state index contributed by atoms with van der Waals surface area (Å²) < 4.78 is 10.6. The topological polar surface area (TPSA) is 91.9 Å². The molecule has 0 bridgehead atoms. The van der Waals surface area contributed by atoms with Gasteiger partial charge in [-0.25, -0.2) is 4.79 Å². The summed E-state index contributed by atoms with van der Waals surface area (Å²) >= 11 is 0. The van der Waals surface area contributed by atoms with Crippen LogP contribution >= 0.6 is 0 Å². The molecule has 1 heterocycles. The molecule has 0 aliphatic rings. The Labute approximate surface area is 204 Å². The van der Waals surface area contributed by atoms with Gasteiger partial charge in [0, 0.05) is 23.6 Å². The number of aryl methyl sites for hydroxylation is 1. The lowest BCUT2D eigenvalue weighted by molar-refractivity contribution is 0.414. The van der Waals surface area contributed by atoms with Crippen molar-refractivity contribution in [1.82, 2.24) is 0 Å². The van der Waals surface area contributed by atoms with E-state index in [1.54, 1.807) is 31.4 Å². The molecule has 35 heavy (non-hydrogen) atoms. The molecule has 0 radical (unpaired) electrons. The van der Waals surface area contributed by atoms with Gasteiger partial charge in [0.25, 0.3) is 0 Å². The lowest BCUT2D eigenvalue weighted by Gasteiger charge is -2.11. The Hall–Kier alpha value is -4.19. The minimum atomic E-state index is -0.422. The lowest BCUT2D eigenvalue weighted by atomic mass is 9.97. The molecule has 0 unspecified atom stereocenters. The van der Waals surface area contributed by atoms with Crippen molar-refractivity contribution in [1.29, 1.82) is 0 Å². The normalized spacial score (nSPS) is 10.9. The SMILES string of the molecule is C=CCc1ccc(O)c(-c2ccc(O)c(CCCCNc3cc4ccc(OC)cc4oc3=O)c2)c1. The second-order valence-corrected chi connectivity index (χ2v) is 8.42. The number of hydrogen-bond acceptors (Lipinski definition) is 6. The first kappa shape index (κ1) is 24.0. The number of aromatic hydroxyl groups is 2. The van der Waals surface area contributed by atoms with Gasteiger partial charge < -0.3 is 24.7 Å². The smallest absolute Gasteiger partial charge is 0.359 e. The third kappa shape index (κ3) is 5.66. The van der Waals surface area contributed by atoms with Gasteiger partial charge in [-0.05, 0) is 84.8 Å². The first-order valence-corrected chi connectivity index (χ1v) is 11.6. The van der Waals surface area contributed by atoms with Crippen LogP contribution in [-0.4, -0.2) is 23.9 Å². The quantitative estimate of drug-likeness (QED) is 0.148. The van der Waals surface area contributed by atoms with Crippen molar-refractivity contribution < 1.29 is 19.4 Å². The first-order chi connectivity index (χ1) is 17.0. The summed E-state index contributed by atoms with van der Waals surface area (Å²) in [6.07, 6.45) is 4.81. The second kappa shape index (κ2) is 10.8. The maximum absolute atomic E-state index is 12.3. The number of phenols is 2. The number of fused-ring (bicyclic) bond motifs is 1. The van der Waals surface area contributed by atoms with Crippen molar-refractivity contribution in [3.8, 4) is 28.4 Å². The van der Waals surface area contributed by atoms with Crippen molar-refractivity contribution in [2.45, 2.75) is 25.7 Å². The summed E-state index contributed by atoms with van der Waals surface area (Å²) in [5, 5.41) is 24.7. The highest BCUT2D eigenvalue weighted by Crippen LogP contribution is 2.33. The highest BCUT2D eigenvalue weighted by atomic mass is 16.5. The molecule has 0 saturated heterocycles. The maximum atomic E-state index is 12.3. The molecule has 0 aliphatic carbocycles. The predicted octanol–water partition coefficient (Wildman–Crippen LogP) is 6.04. The number of allylic oxidation sites excluding steroid dienone is 1. The molecule has 0 atom stereocenters. The minimum Gasteiger partial charge on any atom is -0.508 e. The highest BCUT2D eigenvalue weighted by Gasteiger charge is 2.10. The van der Waals surface area contributed by atoms with Gasteiger partial charge in [-0.2, -0.15) is 0 Å². The van der Waals surface area contributed by atoms with Crippen LogP contribution in [0.4, 0.5) is 5.69 Å². The Bertz CT molecular complexity index is 1410. The van der Waals surface area contributed by atoms with Crippen molar-refractivity contribution in [3.63, 3.8) is 0 Å². The van der Waals surface area contributed by atoms with E-state index in [0.29, 0.717) is 30.0 Å². The van der Waals surface area contributed by atoms with E-state index >= 15 is 0 Å². The Morgan fingerprint density at radius 2 is 1.83 bits per heavy atom. The Kier molecular flexibility index (Phi) is 7.41.